The molecule has 2 saturated heterocycles. The minimum absolute atomic E-state index is 0.0392. The number of alkyl carbamates (subject to hydrolysis) is 1. The van der Waals surface area contributed by atoms with Gasteiger partial charge in [-0.2, -0.15) is 0 Å². The summed E-state index contributed by atoms with van der Waals surface area (Å²) in [6.07, 6.45) is 5.51. The third-order valence-electron chi connectivity index (χ3n) is 7.19. The first-order valence-electron chi connectivity index (χ1n) is 9.92. The van der Waals surface area contributed by atoms with Gasteiger partial charge in [-0.15, -0.1) is 0 Å². The lowest BCUT2D eigenvalue weighted by Crippen LogP contribution is -2.59. The molecule has 2 aliphatic heterocycles. The predicted molar refractivity (Wildman–Crippen MR) is 94.3 cm³/mol. The average molecular weight is 391 g/mol. The highest BCUT2D eigenvalue weighted by Crippen LogP contribution is 2.57. The summed E-state index contributed by atoms with van der Waals surface area (Å²) in [6, 6.07) is 0.901. The number of aromatic nitrogens is 1. The number of carbonyl (C=O) groups is 2. The highest BCUT2D eigenvalue weighted by molar-refractivity contribution is 5.81. The number of pyridine rings is 1. The number of nitrogens with one attached hydrogen (secondary N) is 1. The van der Waals surface area contributed by atoms with Gasteiger partial charge in [-0.1, -0.05) is 0 Å². The number of carbonyl (C=O) groups excluding carboxylic acids is 2. The zero-order valence-electron chi connectivity index (χ0n) is 15.5. The van der Waals surface area contributed by atoms with E-state index in [0.717, 1.165) is 51.0 Å². The first-order valence-corrected chi connectivity index (χ1v) is 9.92. The molecular formula is C20H23F2N3O3. The highest BCUT2D eigenvalue weighted by Gasteiger charge is 2.54. The molecule has 1 N–H and O–H groups in total. The van der Waals surface area contributed by atoms with E-state index >= 15 is 0 Å². The fraction of sp³-hybridized carbons (Fsp3) is 0.650. The SMILES string of the molecule is O=C1NC2(CO1)CC(C(=O)N1CCC3(CC1)CC(c1ncc(F)cc1F)C3)C2. The lowest BCUT2D eigenvalue weighted by Gasteiger charge is -2.53. The molecule has 2 aliphatic carbocycles. The van der Waals surface area contributed by atoms with Crippen LogP contribution in [0.5, 0.6) is 0 Å². The van der Waals surface area contributed by atoms with Crippen LogP contribution in [0.4, 0.5) is 13.6 Å². The van der Waals surface area contributed by atoms with Gasteiger partial charge in [0.05, 0.1) is 17.4 Å². The Hall–Kier alpha value is -2.25. The topological polar surface area (TPSA) is 71.5 Å². The van der Waals surface area contributed by atoms with Crippen LogP contribution in [0.1, 0.15) is 50.1 Å². The van der Waals surface area contributed by atoms with Crippen molar-refractivity contribution in [3.8, 4) is 0 Å². The Bertz CT molecular complexity index is 824. The molecule has 3 heterocycles. The average Bonchev–Trinajstić information content (AvgIpc) is 3.01. The smallest absolute Gasteiger partial charge is 0.407 e. The van der Waals surface area contributed by atoms with Gasteiger partial charge in [0.1, 0.15) is 18.2 Å². The minimum Gasteiger partial charge on any atom is -0.447 e. The number of cyclic esters (lactones) is 1. The fourth-order valence-corrected chi connectivity index (χ4v) is 5.54. The van der Waals surface area contributed by atoms with E-state index in [4.69, 9.17) is 4.74 Å². The van der Waals surface area contributed by atoms with Crippen molar-refractivity contribution in [3.63, 3.8) is 0 Å². The summed E-state index contributed by atoms with van der Waals surface area (Å²) in [5.41, 5.74) is 0.186. The molecule has 5 rings (SSSR count). The molecule has 0 radical (unpaired) electrons. The molecule has 8 heteroatoms. The van der Waals surface area contributed by atoms with Crippen molar-refractivity contribution in [2.75, 3.05) is 19.7 Å². The maximum atomic E-state index is 13.9. The molecule has 4 aliphatic rings. The number of nitrogens with zero attached hydrogens (tertiary/aromatic N) is 2. The summed E-state index contributed by atoms with van der Waals surface area (Å²) < 4.78 is 32.0. The van der Waals surface area contributed by atoms with Crippen molar-refractivity contribution in [3.05, 3.63) is 29.6 Å². The van der Waals surface area contributed by atoms with Gasteiger partial charge in [-0.25, -0.2) is 13.6 Å². The molecule has 4 fully saturated rings. The summed E-state index contributed by atoms with van der Waals surface area (Å²) in [6.45, 7) is 1.79. The lowest BCUT2D eigenvalue weighted by atomic mass is 9.56. The van der Waals surface area contributed by atoms with Crippen LogP contribution in [0.2, 0.25) is 0 Å². The number of rotatable bonds is 2. The van der Waals surface area contributed by atoms with E-state index < -0.39 is 17.7 Å². The van der Waals surface area contributed by atoms with Gasteiger partial charge in [0.15, 0.2) is 0 Å². The Morgan fingerprint density at radius 2 is 1.93 bits per heavy atom. The zero-order chi connectivity index (χ0) is 19.5. The Kier molecular flexibility index (Phi) is 3.90. The Balaban J connectivity index is 1.13. The lowest BCUT2D eigenvalue weighted by molar-refractivity contribution is -0.144. The van der Waals surface area contributed by atoms with Crippen molar-refractivity contribution in [2.24, 2.45) is 11.3 Å². The minimum atomic E-state index is -0.649. The van der Waals surface area contributed by atoms with Crippen molar-refractivity contribution in [1.82, 2.24) is 15.2 Å². The largest absolute Gasteiger partial charge is 0.447 e. The van der Waals surface area contributed by atoms with E-state index in [9.17, 15) is 18.4 Å². The number of amides is 2. The summed E-state index contributed by atoms with van der Waals surface area (Å²) in [7, 11) is 0. The molecule has 2 spiro atoms. The number of hydrogen-bond acceptors (Lipinski definition) is 4. The molecule has 2 amide bonds. The predicted octanol–water partition coefficient (Wildman–Crippen LogP) is 2.73. The fourth-order valence-electron chi connectivity index (χ4n) is 5.54. The Morgan fingerprint density at radius 1 is 1.21 bits per heavy atom. The molecule has 2 saturated carbocycles. The monoisotopic (exact) mass is 391 g/mol. The van der Waals surface area contributed by atoms with E-state index in [1.54, 1.807) is 0 Å². The van der Waals surface area contributed by atoms with Crippen LogP contribution in [0, 0.1) is 23.0 Å². The van der Waals surface area contributed by atoms with E-state index in [1.807, 2.05) is 4.90 Å². The maximum Gasteiger partial charge on any atom is 0.407 e. The second-order valence-electron chi connectivity index (χ2n) is 9.04. The first-order chi connectivity index (χ1) is 13.4. The van der Waals surface area contributed by atoms with Crippen molar-refractivity contribution >= 4 is 12.0 Å². The van der Waals surface area contributed by atoms with Gasteiger partial charge in [-0.05, 0) is 43.9 Å². The van der Waals surface area contributed by atoms with Crippen molar-refractivity contribution in [1.29, 1.82) is 0 Å². The Morgan fingerprint density at radius 3 is 2.54 bits per heavy atom. The van der Waals surface area contributed by atoms with Crippen LogP contribution in [0.15, 0.2) is 12.3 Å². The molecule has 1 aromatic rings. The van der Waals surface area contributed by atoms with Gasteiger partial charge in [0, 0.05) is 31.0 Å². The van der Waals surface area contributed by atoms with Gasteiger partial charge < -0.3 is 15.0 Å². The molecular weight excluding hydrogens is 368 g/mol. The quantitative estimate of drug-likeness (QED) is 0.842. The van der Waals surface area contributed by atoms with Gasteiger partial charge in [-0.3, -0.25) is 9.78 Å². The number of hydrogen-bond donors (Lipinski definition) is 1. The molecule has 28 heavy (non-hydrogen) atoms. The van der Waals surface area contributed by atoms with E-state index in [0.29, 0.717) is 25.1 Å². The van der Waals surface area contributed by atoms with Crippen LogP contribution >= 0.6 is 0 Å². The molecule has 0 unspecified atom stereocenters. The number of halogens is 2. The summed E-state index contributed by atoms with van der Waals surface area (Å²) >= 11 is 0. The summed E-state index contributed by atoms with van der Waals surface area (Å²) in [5, 5.41) is 2.82. The normalized spacial score (nSPS) is 25.9. The third kappa shape index (κ3) is 2.84. The molecule has 6 nitrogen and oxygen atoms in total. The summed E-state index contributed by atoms with van der Waals surface area (Å²) in [5.74, 6) is -1.04. The third-order valence-corrected chi connectivity index (χ3v) is 7.19. The Labute approximate surface area is 161 Å². The van der Waals surface area contributed by atoms with Crippen LogP contribution < -0.4 is 5.32 Å². The van der Waals surface area contributed by atoms with Crippen LogP contribution in [0.25, 0.3) is 0 Å². The van der Waals surface area contributed by atoms with Crippen molar-refractivity contribution < 1.29 is 23.1 Å². The number of ether oxygens (including phenoxy) is 1. The molecule has 0 atom stereocenters. The second-order valence-corrected chi connectivity index (χ2v) is 9.04. The van der Waals surface area contributed by atoms with Crippen LogP contribution in [-0.2, 0) is 9.53 Å². The molecule has 150 valence electrons. The maximum absolute atomic E-state index is 13.9. The molecule has 0 bridgehead atoms. The number of piperidine rings is 1. The van der Waals surface area contributed by atoms with E-state index in [2.05, 4.69) is 10.3 Å². The standard InChI is InChI=1S/C20H23F2N3O3/c21-14-5-15(22)16(23-10-14)12-6-19(7-12)1-3-25(4-2-19)17(26)13-8-20(9-13)11-28-18(27)24-20/h5,10,12-13H,1-4,6-9,11H2,(H,24,27). The molecule has 1 aromatic heterocycles. The first kappa shape index (κ1) is 17.8. The zero-order valence-corrected chi connectivity index (χ0v) is 15.5. The van der Waals surface area contributed by atoms with E-state index in [-0.39, 0.29) is 28.7 Å². The van der Waals surface area contributed by atoms with Crippen LogP contribution in [-0.4, -0.2) is 47.1 Å². The number of likely N-dealkylation sites (tertiary alicyclic amines) is 1. The van der Waals surface area contributed by atoms with Crippen LogP contribution in [0.3, 0.4) is 0 Å². The van der Waals surface area contributed by atoms with Gasteiger partial charge in [0.2, 0.25) is 5.91 Å². The second kappa shape index (κ2) is 6.12. The highest BCUT2D eigenvalue weighted by atomic mass is 19.1. The van der Waals surface area contributed by atoms with E-state index in [1.165, 1.54) is 0 Å². The van der Waals surface area contributed by atoms with Gasteiger partial charge in [0.25, 0.3) is 0 Å². The van der Waals surface area contributed by atoms with Gasteiger partial charge >= 0.3 is 6.09 Å². The summed E-state index contributed by atoms with van der Waals surface area (Å²) in [4.78, 5) is 29.9. The van der Waals surface area contributed by atoms with Crippen molar-refractivity contribution in [2.45, 2.75) is 50.0 Å². The molecule has 0 aromatic carbocycles.